The van der Waals surface area contributed by atoms with Gasteiger partial charge in [-0.15, -0.1) is 0 Å². The number of methoxy groups -OCH3 is 2. The molecule has 0 saturated carbocycles. The Morgan fingerprint density at radius 1 is 1.16 bits per heavy atom. The number of esters is 1. The van der Waals surface area contributed by atoms with Crippen LogP contribution in [-0.2, 0) is 9.53 Å². The topological polar surface area (TPSA) is 52.6 Å². The van der Waals surface area contributed by atoms with E-state index in [2.05, 4.69) is 0 Å². The van der Waals surface area contributed by atoms with E-state index in [4.69, 9.17) is 9.47 Å². The Morgan fingerprint density at radius 3 is 2.26 bits per heavy atom. The van der Waals surface area contributed by atoms with Crippen molar-refractivity contribution in [2.75, 3.05) is 14.2 Å². The highest BCUT2D eigenvalue weighted by Crippen LogP contribution is 2.26. The number of carbonyl (C=O) groups excluding carboxylic acids is 2. The number of hydrogen-bond acceptors (Lipinski definition) is 4. The number of carbonyl (C=O) groups is 2. The van der Waals surface area contributed by atoms with Crippen molar-refractivity contribution < 1.29 is 19.1 Å². The summed E-state index contributed by atoms with van der Waals surface area (Å²) in [6.45, 7) is 5.53. The number of aryl methyl sites for hydroxylation is 1. The molecule has 4 nitrogen and oxygen atoms in total. The Bertz CT molecular complexity index is 477. The van der Waals surface area contributed by atoms with Crippen molar-refractivity contribution in [1.82, 2.24) is 0 Å². The fourth-order valence-corrected chi connectivity index (χ4v) is 1.99. The van der Waals surface area contributed by atoms with Crippen LogP contribution in [0.3, 0.4) is 0 Å². The van der Waals surface area contributed by atoms with Crippen LogP contribution in [0.2, 0.25) is 0 Å². The largest absolute Gasteiger partial charge is 0.496 e. The first-order valence-corrected chi connectivity index (χ1v) is 6.19. The normalized spacial score (nSPS) is 12.1. The van der Waals surface area contributed by atoms with E-state index in [-0.39, 0.29) is 11.7 Å². The molecule has 19 heavy (non-hydrogen) atoms. The number of rotatable bonds is 5. The summed E-state index contributed by atoms with van der Waals surface area (Å²) in [5, 5.41) is 0. The highest BCUT2D eigenvalue weighted by Gasteiger charge is 2.33. The minimum atomic E-state index is -0.805. The first kappa shape index (κ1) is 15.2. The first-order chi connectivity index (χ1) is 8.92. The van der Waals surface area contributed by atoms with Crippen LogP contribution in [0, 0.1) is 18.8 Å². The Balaban J connectivity index is 3.23. The average molecular weight is 264 g/mol. The van der Waals surface area contributed by atoms with Crippen LogP contribution in [0.25, 0.3) is 0 Å². The molecule has 0 N–H and O–H groups in total. The maximum absolute atomic E-state index is 12.5. The molecule has 0 fully saturated rings. The highest BCUT2D eigenvalue weighted by atomic mass is 16.5. The highest BCUT2D eigenvalue weighted by molar-refractivity contribution is 6.10. The predicted octanol–water partition coefficient (Wildman–Crippen LogP) is 2.63. The Hall–Kier alpha value is -1.84. The minimum absolute atomic E-state index is 0.134. The summed E-state index contributed by atoms with van der Waals surface area (Å²) in [6, 6.07) is 5.33. The average Bonchev–Trinajstić information content (AvgIpc) is 2.38. The van der Waals surface area contributed by atoms with Gasteiger partial charge in [-0.3, -0.25) is 9.59 Å². The predicted molar refractivity (Wildman–Crippen MR) is 72.4 cm³/mol. The van der Waals surface area contributed by atoms with E-state index in [1.165, 1.54) is 14.2 Å². The zero-order valence-corrected chi connectivity index (χ0v) is 12.0. The molecule has 0 saturated heterocycles. The minimum Gasteiger partial charge on any atom is -0.496 e. The molecule has 4 heteroatoms. The van der Waals surface area contributed by atoms with E-state index >= 15 is 0 Å². The van der Waals surface area contributed by atoms with E-state index in [9.17, 15) is 9.59 Å². The van der Waals surface area contributed by atoms with Gasteiger partial charge in [-0.2, -0.15) is 0 Å². The van der Waals surface area contributed by atoms with Gasteiger partial charge >= 0.3 is 5.97 Å². The summed E-state index contributed by atoms with van der Waals surface area (Å²) in [5.41, 5.74) is 1.36. The van der Waals surface area contributed by atoms with Gasteiger partial charge in [0.25, 0.3) is 0 Å². The lowest BCUT2D eigenvalue weighted by molar-refractivity contribution is -0.144. The monoisotopic (exact) mass is 264 g/mol. The van der Waals surface area contributed by atoms with Gasteiger partial charge < -0.3 is 9.47 Å². The lowest BCUT2D eigenvalue weighted by atomic mass is 9.87. The maximum atomic E-state index is 12.5. The van der Waals surface area contributed by atoms with Gasteiger partial charge in [0.05, 0.1) is 19.8 Å². The van der Waals surface area contributed by atoms with Crippen molar-refractivity contribution >= 4 is 11.8 Å². The SMILES string of the molecule is COC(=O)C(C(=O)c1cc(C)ccc1OC)C(C)C. The molecular formula is C15H20O4. The lowest BCUT2D eigenvalue weighted by Gasteiger charge is -2.18. The third-order valence-electron chi connectivity index (χ3n) is 3.02. The van der Waals surface area contributed by atoms with Gasteiger partial charge in [-0.05, 0) is 25.0 Å². The van der Waals surface area contributed by atoms with Crippen LogP contribution in [0.5, 0.6) is 5.75 Å². The third-order valence-corrected chi connectivity index (χ3v) is 3.02. The Kier molecular flexibility index (Phi) is 5.10. The lowest BCUT2D eigenvalue weighted by Crippen LogP contribution is -2.30. The molecule has 104 valence electrons. The molecule has 1 rings (SSSR count). The van der Waals surface area contributed by atoms with Gasteiger partial charge in [0.2, 0.25) is 0 Å². The number of ether oxygens (including phenoxy) is 2. The maximum Gasteiger partial charge on any atom is 0.316 e. The van der Waals surface area contributed by atoms with E-state index in [1.54, 1.807) is 12.1 Å². The summed E-state index contributed by atoms with van der Waals surface area (Å²) < 4.78 is 9.91. The van der Waals surface area contributed by atoms with E-state index in [0.717, 1.165) is 5.56 Å². The second-order valence-electron chi connectivity index (χ2n) is 4.81. The molecule has 0 aliphatic heterocycles. The van der Waals surface area contributed by atoms with Crippen molar-refractivity contribution in [2.24, 2.45) is 11.8 Å². The second-order valence-corrected chi connectivity index (χ2v) is 4.81. The smallest absolute Gasteiger partial charge is 0.316 e. The van der Waals surface area contributed by atoms with E-state index in [1.807, 2.05) is 26.8 Å². The summed E-state index contributed by atoms with van der Waals surface area (Å²) in [5.74, 6) is -1.23. The van der Waals surface area contributed by atoms with E-state index in [0.29, 0.717) is 11.3 Å². The summed E-state index contributed by atoms with van der Waals surface area (Å²) >= 11 is 0. The van der Waals surface area contributed by atoms with Gasteiger partial charge in [-0.1, -0.05) is 25.5 Å². The molecular weight excluding hydrogens is 244 g/mol. The van der Waals surface area contributed by atoms with Crippen molar-refractivity contribution in [3.63, 3.8) is 0 Å². The van der Waals surface area contributed by atoms with Gasteiger partial charge in [0, 0.05) is 0 Å². The number of benzene rings is 1. The molecule has 1 atom stereocenters. The fourth-order valence-electron chi connectivity index (χ4n) is 1.99. The van der Waals surface area contributed by atoms with Crippen molar-refractivity contribution in [3.05, 3.63) is 29.3 Å². The standard InChI is InChI=1S/C15H20O4/c1-9(2)13(15(17)19-5)14(16)11-8-10(3)6-7-12(11)18-4/h6-9,13H,1-5H3. The van der Waals surface area contributed by atoms with Crippen molar-refractivity contribution in [1.29, 1.82) is 0 Å². The number of Topliss-reactive ketones (excluding diaryl/α,β-unsaturated/α-hetero) is 1. The second kappa shape index (κ2) is 6.36. The van der Waals surface area contributed by atoms with Crippen molar-refractivity contribution in [2.45, 2.75) is 20.8 Å². The molecule has 0 amide bonds. The third kappa shape index (κ3) is 3.34. The van der Waals surface area contributed by atoms with Crippen LogP contribution in [0.15, 0.2) is 18.2 Å². The number of ketones is 1. The summed E-state index contributed by atoms with van der Waals surface area (Å²) in [4.78, 5) is 24.3. The first-order valence-electron chi connectivity index (χ1n) is 6.19. The summed E-state index contributed by atoms with van der Waals surface area (Å²) in [6.07, 6.45) is 0. The van der Waals surface area contributed by atoms with Crippen LogP contribution in [0.4, 0.5) is 0 Å². The fraction of sp³-hybridized carbons (Fsp3) is 0.467. The molecule has 1 unspecified atom stereocenters. The molecule has 1 aromatic rings. The molecule has 0 aromatic heterocycles. The summed E-state index contributed by atoms with van der Waals surface area (Å²) in [7, 11) is 2.79. The van der Waals surface area contributed by atoms with E-state index < -0.39 is 11.9 Å². The molecule has 0 radical (unpaired) electrons. The zero-order valence-electron chi connectivity index (χ0n) is 12.0. The molecule has 1 aromatic carbocycles. The Morgan fingerprint density at radius 2 is 1.79 bits per heavy atom. The van der Waals surface area contributed by atoms with Gasteiger partial charge in [0.1, 0.15) is 11.7 Å². The van der Waals surface area contributed by atoms with Gasteiger partial charge in [-0.25, -0.2) is 0 Å². The quantitative estimate of drug-likeness (QED) is 0.466. The molecule has 0 aliphatic rings. The zero-order chi connectivity index (χ0) is 14.6. The molecule has 0 bridgehead atoms. The van der Waals surface area contributed by atoms with Crippen LogP contribution >= 0.6 is 0 Å². The van der Waals surface area contributed by atoms with Crippen molar-refractivity contribution in [3.8, 4) is 5.75 Å². The van der Waals surface area contributed by atoms with Crippen LogP contribution in [0.1, 0.15) is 29.8 Å². The van der Waals surface area contributed by atoms with Crippen LogP contribution < -0.4 is 4.74 Å². The molecule has 0 heterocycles. The van der Waals surface area contributed by atoms with Gasteiger partial charge in [0.15, 0.2) is 5.78 Å². The van der Waals surface area contributed by atoms with Crippen LogP contribution in [-0.4, -0.2) is 26.0 Å². The molecule has 0 aliphatic carbocycles. The Labute approximate surface area is 113 Å². The molecule has 0 spiro atoms. The number of hydrogen-bond donors (Lipinski definition) is 0.